The van der Waals surface area contributed by atoms with Crippen molar-refractivity contribution in [3.05, 3.63) is 29.8 Å². The first-order valence-corrected chi connectivity index (χ1v) is 10.7. The molecule has 164 valence electrons. The normalized spacial score (nSPS) is 24.7. The fourth-order valence-corrected chi connectivity index (χ4v) is 4.13. The van der Waals surface area contributed by atoms with Crippen molar-refractivity contribution in [2.24, 2.45) is 9.98 Å². The highest BCUT2D eigenvalue weighted by atomic mass is 32.2. The van der Waals surface area contributed by atoms with Crippen LogP contribution in [0.4, 0.5) is 0 Å². The maximum Gasteiger partial charge on any atom is 0.317 e. The summed E-state index contributed by atoms with van der Waals surface area (Å²) in [5.41, 5.74) is 1.85. The molecule has 0 saturated carbocycles. The third kappa shape index (κ3) is 5.19. The average Bonchev–Trinajstić information content (AvgIpc) is 3.15. The Balaban J connectivity index is 1.68. The van der Waals surface area contributed by atoms with Crippen LogP contribution in [0.25, 0.3) is 0 Å². The molecule has 1 fully saturated rings. The van der Waals surface area contributed by atoms with Crippen LogP contribution in [0.5, 0.6) is 5.75 Å². The molecule has 3 rings (SSSR count). The highest BCUT2D eigenvalue weighted by Crippen LogP contribution is 2.26. The Kier molecular flexibility index (Phi) is 7.84. The summed E-state index contributed by atoms with van der Waals surface area (Å²) in [6, 6.07) is 7.87. The molecule has 0 aliphatic carbocycles. The molecule has 4 atom stereocenters. The van der Waals surface area contributed by atoms with Crippen molar-refractivity contribution in [3.63, 3.8) is 0 Å². The summed E-state index contributed by atoms with van der Waals surface area (Å²) in [7, 11) is 5.13. The molecule has 2 aliphatic heterocycles. The van der Waals surface area contributed by atoms with E-state index in [1.807, 2.05) is 43.1 Å². The van der Waals surface area contributed by atoms with Gasteiger partial charge in [0.1, 0.15) is 22.9 Å². The lowest BCUT2D eigenvalue weighted by atomic mass is 10.1. The van der Waals surface area contributed by atoms with E-state index < -0.39 is 30.0 Å². The SMILES string of the molecule is CCC(SC1=NC2NC(OC)N(C)C(OCCc3ccc(OC)cc3)C2=N1)C(=O)O. The van der Waals surface area contributed by atoms with E-state index in [1.54, 1.807) is 14.2 Å². The third-order valence-corrected chi connectivity index (χ3v) is 6.21. The molecule has 0 spiro atoms. The summed E-state index contributed by atoms with van der Waals surface area (Å²) in [6.07, 6.45) is 0.00723. The first-order valence-electron chi connectivity index (χ1n) is 9.77. The van der Waals surface area contributed by atoms with Gasteiger partial charge < -0.3 is 19.3 Å². The second kappa shape index (κ2) is 10.4. The number of thioether (sulfide) groups is 1. The Bertz CT molecular complexity index is 801. The third-order valence-electron chi connectivity index (χ3n) is 4.98. The van der Waals surface area contributed by atoms with Crippen molar-refractivity contribution in [1.29, 1.82) is 0 Å². The summed E-state index contributed by atoms with van der Waals surface area (Å²) in [6.45, 7) is 2.32. The largest absolute Gasteiger partial charge is 0.497 e. The minimum atomic E-state index is -0.868. The number of rotatable bonds is 9. The van der Waals surface area contributed by atoms with E-state index >= 15 is 0 Å². The number of nitrogens with zero attached hydrogens (tertiary/aromatic N) is 3. The number of aliphatic carboxylic acids is 1. The molecule has 10 heteroatoms. The number of nitrogens with one attached hydrogen (secondary N) is 1. The van der Waals surface area contributed by atoms with Gasteiger partial charge in [-0.2, -0.15) is 0 Å². The van der Waals surface area contributed by atoms with E-state index in [9.17, 15) is 9.90 Å². The number of hydrogen-bond acceptors (Lipinski definition) is 9. The molecule has 0 amide bonds. The molecule has 9 nitrogen and oxygen atoms in total. The molecule has 2 heterocycles. The van der Waals surface area contributed by atoms with Gasteiger partial charge in [-0.05, 0) is 37.6 Å². The highest BCUT2D eigenvalue weighted by Gasteiger charge is 2.42. The zero-order valence-electron chi connectivity index (χ0n) is 17.6. The van der Waals surface area contributed by atoms with Gasteiger partial charge in [0.25, 0.3) is 0 Å². The Morgan fingerprint density at radius 2 is 2.07 bits per heavy atom. The maximum absolute atomic E-state index is 11.4. The molecule has 1 saturated heterocycles. The Morgan fingerprint density at radius 3 is 2.67 bits per heavy atom. The number of methoxy groups -OCH3 is 2. The van der Waals surface area contributed by atoms with E-state index in [4.69, 9.17) is 14.2 Å². The van der Waals surface area contributed by atoms with Gasteiger partial charge in [-0.3, -0.25) is 10.1 Å². The van der Waals surface area contributed by atoms with Crippen LogP contribution in [-0.4, -0.2) is 78.7 Å². The number of carbonyl (C=O) groups is 1. The minimum absolute atomic E-state index is 0.394. The Hall–Kier alpha value is -1.98. The highest BCUT2D eigenvalue weighted by molar-refractivity contribution is 8.15. The summed E-state index contributed by atoms with van der Waals surface area (Å²) in [5, 5.41) is 12.4. The molecular formula is C20H28N4O5S. The summed E-state index contributed by atoms with van der Waals surface area (Å²) in [5.74, 6) is -0.0508. The van der Waals surface area contributed by atoms with Crippen LogP contribution in [0, 0.1) is 0 Å². The van der Waals surface area contributed by atoms with Gasteiger partial charge in [0.2, 0.25) is 0 Å². The molecule has 1 aromatic rings. The quantitative estimate of drug-likeness (QED) is 0.604. The smallest absolute Gasteiger partial charge is 0.317 e. The lowest BCUT2D eigenvalue weighted by Crippen LogP contribution is -2.64. The topological polar surface area (TPSA) is 105 Å². The molecule has 2 N–H and O–H groups in total. The molecule has 4 unspecified atom stereocenters. The molecule has 2 aliphatic rings. The van der Waals surface area contributed by atoms with E-state index in [1.165, 1.54) is 0 Å². The van der Waals surface area contributed by atoms with Crippen molar-refractivity contribution in [2.75, 3.05) is 27.9 Å². The number of fused-ring (bicyclic) bond motifs is 1. The van der Waals surface area contributed by atoms with Crippen LogP contribution in [-0.2, 0) is 20.7 Å². The Labute approximate surface area is 180 Å². The minimum Gasteiger partial charge on any atom is -0.497 e. The number of hydrogen-bond donors (Lipinski definition) is 2. The second-order valence-electron chi connectivity index (χ2n) is 6.95. The molecule has 1 aromatic carbocycles. The van der Waals surface area contributed by atoms with Crippen LogP contribution in [0.3, 0.4) is 0 Å². The van der Waals surface area contributed by atoms with Gasteiger partial charge in [0, 0.05) is 7.11 Å². The standard InChI is InChI=1S/C20H28N4O5S/c1-5-14(18(25)26)30-19-21-15-16(22-19)23-20(28-4)24(2)17(15)29-11-10-12-6-8-13(27-3)9-7-12/h6-9,14,16-17,20,23H,5,10-11H2,1-4H3,(H,25,26). The van der Waals surface area contributed by atoms with Crippen LogP contribution in [0.1, 0.15) is 18.9 Å². The van der Waals surface area contributed by atoms with Gasteiger partial charge in [0.15, 0.2) is 17.7 Å². The maximum atomic E-state index is 11.4. The monoisotopic (exact) mass is 436 g/mol. The van der Waals surface area contributed by atoms with Gasteiger partial charge in [0.05, 0.1) is 13.7 Å². The van der Waals surface area contributed by atoms with Gasteiger partial charge in [-0.15, -0.1) is 0 Å². The average molecular weight is 437 g/mol. The molecule has 0 bridgehead atoms. The van der Waals surface area contributed by atoms with Crippen LogP contribution < -0.4 is 10.1 Å². The number of ether oxygens (including phenoxy) is 3. The van der Waals surface area contributed by atoms with Crippen molar-refractivity contribution in [2.45, 2.75) is 43.8 Å². The lowest BCUT2D eigenvalue weighted by molar-refractivity contribution is -0.136. The molecular weight excluding hydrogens is 408 g/mol. The summed E-state index contributed by atoms with van der Waals surface area (Å²) in [4.78, 5) is 22.4. The molecule has 0 aromatic heterocycles. The van der Waals surface area contributed by atoms with Gasteiger partial charge in [-0.1, -0.05) is 30.8 Å². The van der Waals surface area contributed by atoms with E-state index in [0.29, 0.717) is 23.9 Å². The molecule has 30 heavy (non-hydrogen) atoms. The number of amidine groups is 1. The van der Waals surface area contributed by atoms with Crippen molar-refractivity contribution in [3.8, 4) is 5.75 Å². The molecule has 0 radical (unpaired) electrons. The first kappa shape index (κ1) is 22.7. The zero-order valence-corrected chi connectivity index (χ0v) is 18.4. The number of carboxylic acid groups (broad SMARTS) is 1. The van der Waals surface area contributed by atoms with E-state index in [2.05, 4.69) is 15.3 Å². The van der Waals surface area contributed by atoms with Crippen LogP contribution >= 0.6 is 11.8 Å². The zero-order chi connectivity index (χ0) is 21.7. The summed E-state index contributed by atoms with van der Waals surface area (Å²) < 4.78 is 16.9. The van der Waals surface area contributed by atoms with Crippen LogP contribution in [0.2, 0.25) is 0 Å². The predicted molar refractivity (Wildman–Crippen MR) is 116 cm³/mol. The van der Waals surface area contributed by atoms with Crippen molar-refractivity contribution < 1.29 is 24.1 Å². The van der Waals surface area contributed by atoms with E-state index in [0.717, 1.165) is 29.5 Å². The predicted octanol–water partition coefficient (Wildman–Crippen LogP) is 1.78. The fourth-order valence-electron chi connectivity index (χ4n) is 3.28. The van der Waals surface area contributed by atoms with Crippen molar-refractivity contribution >= 4 is 28.6 Å². The van der Waals surface area contributed by atoms with Crippen molar-refractivity contribution in [1.82, 2.24) is 10.2 Å². The number of aliphatic imine (C=N–C) groups is 2. The van der Waals surface area contributed by atoms with Crippen LogP contribution in [0.15, 0.2) is 34.3 Å². The van der Waals surface area contributed by atoms with Gasteiger partial charge in [-0.25, -0.2) is 14.9 Å². The first-order chi connectivity index (χ1) is 14.5. The Morgan fingerprint density at radius 1 is 1.33 bits per heavy atom. The number of carboxylic acids is 1. The lowest BCUT2D eigenvalue weighted by Gasteiger charge is -2.40. The fraction of sp³-hybridized carbons (Fsp3) is 0.550. The van der Waals surface area contributed by atoms with E-state index in [-0.39, 0.29) is 0 Å². The van der Waals surface area contributed by atoms with Gasteiger partial charge >= 0.3 is 5.97 Å². The number of benzene rings is 1. The summed E-state index contributed by atoms with van der Waals surface area (Å²) >= 11 is 1.16. The second-order valence-corrected chi connectivity index (χ2v) is 8.12.